The molecule has 0 aromatic heterocycles. The van der Waals surface area contributed by atoms with E-state index in [4.69, 9.17) is 9.47 Å². The first kappa shape index (κ1) is 12.9. The molecule has 0 bridgehead atoms. The third-order valence-corrected chi connectivity index (χ3v) is 2.75. The summed E-state index contributed by atoms with van der Waals surface area (Å²) in [7, 11) is 0. The fourth-order valence-corrected chi connectivity index (χ4v) is 1.76. The monoisotopic (exact) mass is 215 g/mol. The van der Waals surface area contributed by atoms with E-state index in [2.05, 4.69) is 12.2 Å². The van der Waals surface area contributed by atoms with Crippen molar-refractivity contribution in [3.05, 3.63) is 0 Å². The highest BCUT2D eigenvalue weighted by molar-refractivity contribution is 4.71. The molecule has 0 aliphatic carbocycles. The Morgan fingerprint density at radius 2 is 2.00 bits per heavy atom. The predicted octanol–water partition coefficient (Wildman–Crippen LogP) is 1.96. The highest BCUT2D eigenvalue weighted by atomic mass is 16.5. The lowest BCUT2D eigenvalue weighted by Crippen LogP contribution is -2.37. The second kappa shape index (κ2) is 9.13. The van der Waals surface area contributed by atoms with Gasteiger partial charge < -0.3 is 14.8 Å². The smallest absolute Gasteiger partial charge is 0.0701 e. The van der Waals surface area contributed by atoms with Gasteiger partial charge in [0.25, 0.3) is 0 Å². The van der Waals surface area contributed by atoms with Crippen LogP contribution in [0.4, 0.5) is 0 Å². The van der Waals surface area contributed by atoms with Crippen molar-refractivity contribution in [1.29, 1.82) is 0 Å². The highest BCUT2D eigenvalue weighted by Gasteiger charge is 2.11. The maximum absolute atomic E-state index is 5.57. The fourth-order valence-electron chi connectivity index (χ4n) is 1.76. The Bertz CT molecular complexity index is 136. The molecule has 1 fully saturated rings. The van der Waals surface area contributed by atoms with E-state index in [0.717, 1.165) is 39.4 Å². The average molecular weight is 215 g/mol. The van der Waals surface area contributed by atoms with E-state index >= 15 is 0 Å². The molecule has 1 aliphatic rings. The molecule has 1 atom stereocenters. The number of hydrogen-bond donors (Lipinski definition) is 1. The third kappa shape index (κ3) is 6.88. The summed E-state index contributed by atoms with van der Waals surface area (Å²) < 4.78 is 11.0. The molecule has 1 aliphatic heterocycles. The van der Waals surface area contributed by atoms with E-state index in [0.29, 0.717) is 6.04 Å². The Morgan fingerprint density at radius 1 is 1.13 bits per heavy atom. The van der Waals surface area contributed by atoms with Gasteiger partial charge in [0.15, 0.2) is 0 Å². The van der Waals surface area contributed by atoms with Crippen molar-refractivity contribution in [2.45, 2.75) is 45.1 Å². The molecule has 3 nitrogen and oxygen atoms in total. The van der Waals surface area contributed by atoms with Crippen LogP contribution in [0.5, 0.6) is 0 Å². The second-order valence-electron chi connectivity index (χ2n) is 4.19. The van der Waals surface area contributed by atoms with Gasteiger partial charge in [-0.2, -0.15) is 0 Å². The van der Waals surface area contributed by atoms with Crippen molar-refractivity contribution in [3.8, 4) is 0 Å². The van der Waals surface area contributed by atoms with Gasteiger partial charge in [0.05, 0.1) is 19.8 Å². The number of nitrogens with one attached hydrogen (secondary N) is 1. The Morgan fingerprint density at radius 3 is 2.73 bits per heavy atom. The van der Waals surface area contributed by atoms with Gasteiger partial charge in [0, 0.05) is 12.6 Å². The lowest BCUT2D eigenvalue weighted by Gasteiger charge is -2.23. The molecule has 1 saturated heterocycles. The first-order valence-corrected chi connectivity index (χ1v) is 6.32. The van der Waals surface area contributed by atoms with Crippen LogP contribution >= 0.6 is 0 Å². The molecular formula is C12H25NO2. The van der Waals surface area contributed by atoms with E-state index in [9.17, 15) is 0 Å². The summed E-state index contributed by atoms with van der Waals surface area (Å²) in [6.45, 7) is 6.53. The first-order chi connectivity index (χ1) is 7.43. The highest BCUT2D eigenvalue weighted by Crippen LogP contribution is 2.06. The molecule has 90 valence electrons. The molecule has 0 aromatic carbocycles. The van der Waals surface area contributed by atoms with E-state index < -0.39 is 0 Å². The molecule has 0 saturated carbocycles. The van der Waals surface area contributed by atoms with Crippen LogP contribution in [0.3, 0.4) is 0 Å². The van der Waals surface area contributed by atoms with Crippen molar-refractivity contribution in [3.63, 3.8) is 0 Å². The van der Waals surface area contributed by atoms with Gasteiger partial charge in [0.2, 0.25) is 0 Å². The van der Waals surface area contributed by atoms with Gasteiger partial charge in [-0.1, -0.05) is 19.8 Å². The average Bonchev–Trinajstić information content (AvgIpc) is 2.29. The molecule has 1 rings (SSSR count). The predicted molar refractivity (Wildman–Crippen MR) is 62.2 cm³/mol. The normalized spacial score (nSPS) is 21.8. The van der Waals surface area contributed by atoms with Crippen LogP contribution in [-0.2, 0) is 9.47 Å². The van der Waals surface area contributed by atoms with E-state index in [1.54, 1.807) is 0 Å². The maximum atomic E-state index is 5.57. The van der Waals surface area contributed by atoms with Gasteiger partial charge in [0.1, 0.15) is 0 Å². The van der Waals surface area contributed by atoms with E-state index in [1.165, 1.54) is 25.7 Å². The zero-order valence-corrected chi connectivity index (χ0v) is 9.96. The van der Waals surface area contributed by atoms with Crippen LogP contribution in [0.2, 0.25) is 0 Å². The molecule has 1 heterocycles. The molecule has 15 heavy (non-hydrogen) atoms. The number of hydrogen-bond acceptors (Lipinski definition) is 3. The number of unbranched alkanes of at least 4 members (excludes halogenated alkanes) is 1. The van der Waals surface area contributed by atoms with E-state index in [-0.39, 0.29) is 0 Å². The molecule has 1 N–H and O–H groups in total. The Balaban J connectivity index is 1.79. The molecule has 0 aromatic rings. The molecular weight excluding hydrogens is 190 g/mol. The summed E-state index contributed by atoms with van der Waals surface area (Å²) in [5, 5.41) is 3.46. The SMILES string of the molecule is CCCCOCCOCC1CCCCN1. The topological polar surface area (TPSA) is 30.5 Å². The quantitative estimate of drug-likeness (QED) is 0.628. The maximum Gasteiger partial charge on any atom is 0.0701 e. The standard InChI is InChI=1S/C12H25NO2/c1-2-3-8-14-9-10-15-11-12-6-4-5-7-13-12/h12-13H,2-11H2,1H3. The van der Waals surface area contributed by atoms with Gasteiger partial charge in [-0.15, -0.1) is 0 Å². The van der Waals surface area contributed by atoms with Crippen molar-refractivity contribution in [2.75, 3.05) is 33.0 Å². The Labute approximate surface area is 93.5 Å². The van der Waals surface area contributed by atoms with Crippen LogP contribution in [0.15, 0.2) is 0 Å². The number of ether oxygens (including phenoxy) is 2. The summed E-state index contributed by atoms with van der Waals surface area (Å²) in [6, 6.07) is 0.578. The minimum atomic E-state index is 0.578. The van der Waals surface area contributed by atoms with Crippen molar-refractivity contribution >= 4 is 0 Å². The Hall–Kier alpha value is -0.120. The number of rotatable bonds is 8. The van der Waals surface area contributed by atoms with Crippen LogP contribution in [0, 0.1) is 0 Å². The van der Waals surface area contributed by atoms with Crippen molar-refractivity contribution < 1.29 is 9.47 Å². The van der Waals surface area contributed by atoms with Gasteiger partial charge in [-0.05, 0) is 25.8 Å². The first-order valence-electron chi connectivity index (χ1n) is 6.32. The largest absolute Gasteiger partial charge is 0.379 e. The lowest BCUT2D eigenvalue weighted by molar-refractivity contribution is 0.0355. The minimum Gasteiger partial charge on any atom is -0.379 e. The van der Waals surface area contributed by atoms with Gasteiger partial charge >= 0.3 is 0 Å². The third-order valence-electron chi connectivity index (χ3n) is 2.75. The van der Waals surface area contributed by atoms with Gasteiger partial charge in [-0.3, -0.25) is 0 Å². The summed E-state index contributed by atoms with van der Waals surface area (Å²) >= 11 is 0. The second-order valence-corrected chi connectivity index (χ2v) is 4.19. The molecule has 3 heteroatoms. The summed E-state index contributed by atoms with van der Waals surface area (Å²) in [4.78, 5) is 0. The van der Waals surface area contributed by atoms with Crippen LogP contribution in [-0.4, -0.2) is 39.0 Å². The summed E-state index contributed by atoms with van der Waals surface area (Å²) in [6.07, 6.45) is 6.28. The lowest BCUT2D eigenvalue weighted by atomic mass is 10.1. The zero-order chi connectivity index (χ0) is 10.8. The van der Waals surface area contributed by atoms with Gasteiger partial charge in [-0.25, -0.2) is 0 Å². The van der Waals surface area contributed by atoms with Crippen LogP contribution < -0.4 is 5.32 Å². The van der Waals surface area contributed by atoms with Crippen molar-refractivity contribution in [1.82, 2.24) is 5.32 Å². The summed E-state index contributed by atoms with van der Waals surface area (Å²) in [5.41, 5.74) is 0. The molecule has 0 amide bonds. The van der Waals surface area contributed by atoms with E-state index in [1.807, 2.05) is 0 Å². The molecule has 0 radical (unpaired) electrons. The van der Waals surface area contributed by atoms with Crippen molar-refractivity contribution in [2.24, 2.45) is 0 Å². The molecule has 1 unspecified atom stereocenters. The number of piperidine rings is 1. The minimum absolute atomic E-state index is 0.578. The summed E-state index contributed by atoms with van der Waals surface area (Å²) in [5.74, 6) is 0. The van der Waals surface area contributed by atoms with Crippen LogP contribution in [0.25, 0.3) is 0 Å². The van der Waals surface area contributed by atoms with Crippen LogP contribution in [0.1, 0.15) is 39.0 Å². The Kier molecular flexibility index (Phi) is 7.88. The molecule has 0 spiro atoms. The zero-order valence-electron chi connectivity index (χ0n) is 9.96. The fraction of sp³-hybridized carbons (Fsp3) is 1.00.